The van der Waals surface area contributed by atoms with Crippen LogP contribution in [0.4, 0.5) is 8.78 Å². The lowest BCUT2D eigenvalue weighted by Gasteiger charge is -2.20. The number of thiazole rings is 1. The van der Waals surface area contributed by atoms with E-state index in [4.69, 9.17) is 0 Å². The molecule has 0 unspecified atom stereocenters. The summed E-state index contributed by atoms with van der Waals surface area (Å²) in [6.45, 7) is 3.31. The normalized spacial score (nSPS) is 13.7. The summed E-state index contributed by atoms with van der Waals surface area (Å²) in [6, 6.07) is 2.34. The minimum atomic E-state index is -2.66. The van der Waals surface area contributed by atoms with E-state index in [0.29, 0.717) is 12.1 Å². The lowest BCUT2D eigenvalue weighted by molar-refractivity contribution is -0.125. The first-order valence-corrected chi connectivity index (χ1v) is 9.83. The summed E-state index contributed by atoms with van der Waals surface area (Å²) >= 11 is 3.06. The smallest absolute Gasteiger partial charge is 0.282 e. The molecule has 9 heteroatoms. The van der Waals surface area contributed by atoms with Crippen LogP contribution < -0.4 is 5.32 Å². The van der Waals surface area contributed by atoms with Gasteiger partial charge in [0.25, 0.3) is 6.43 Å². The number of hydrogen-bond acceptors (Lipinski definition) is 5. The molecule has 0 aliphatic carbocycles. The third-order valence-electron chi connectivity index (χ3n) is 4.00. The first-order valence-electron chi connectivity index (χ1n) is 8.00. The molecule has 0 fully saturated rings. The second kappa shape index (κ2) is 8.05. The number of rotatable bonds is 7. The number of carbonyl (C=O) groups excluding carboxylic acids is 1. The Kier molecular flexibility index (Phi) is 5.77. The van der Waals surface area contributed by atoms with E-state index in [9.17, 15) is 13.6 Å². The molecular formula is C17H18F2N4OS2. The number of nitrogens with one attached hydrogen (secondary N) is 1. The molecule has 3 aromatic heterocycles. The largest absolute Gasteiger partial charge is 0.345 e. The van der Waals surface area contributed by atoms with Crippen molar-refractivity contribution < 1.29 is 13.6 Å². The van der Waals surface area contributed by atoms with Crippen molar-refractivity contribution in [3.63, 3.8) is 0 Å². The van der Waals surface area contributed by atoms with Gasteiger partial charge >= 0.3 is 0 Å². The van der Waals surface area contributed by atoms with E-state index in [1.165, 1.54) is 22.1 Å². The zero-order chi connectivity index (χ0) is 18.7. The van der Waals surface area contributed by atoms with Crippen molar-refractivity contribution in [2.45, 2.75) is 38.8 Å². The van der Waals surface area contributed by atoms with Gasteiger partial charge in [-0.2, -0.15) is 16.4 Å². The van der Waals surface area contributed by atoms with Crippen molar-refractivity contribution >= 4 is 28.6 Å². The topological polar surface area (TPSA) is 59.8 Å². The van der Waals surface area contributed by atoms with Crippen molar-refractivity contribution in [2.24, 2.45) is 0 Å². The van der Waals surface area contributed by atoms with Crippen molar-refractivity contribution in [1.82, 2.24) is 20.1 Å². The molecule has 3 aromatic rings. The Bertz CT molecular complexity index is 846. The van der Waals surface area contributed by atoms with Gasteiger partial charge in [-0.05, 0) is 42.3 Å². The SMILES string of the molecule is Cc1cc(C(F)F)nn1[C@H](C)C(=O)N[C@H](Cc1ccsc1)c1nccs1. The number of hydrogen-bond donors (Lipinski definition) is 1. The molecule has 138 valence electrons. The highest BCUT2D eigenvalue weighted by Crippen LogP contribution is 2.24. The van der Waals surface area contributed by atoms with E-state index in [1.54, 1.807) is 31.4 Å². The maximum atomic E-state index is 12.9. The number of aryl methyl sites for hydroxylation is 1. The average Bonchev–Trinajstić information content (AvgIpc) is 3.35. The van der Waals surface area contributed by atoms with Gasteiger partial charge in [0, 0.05) is 23.7 Å². The van der Waals surface area contributed by atoms with Crippen LogP contribution in [0.1, 0.15) is 47.4 Å². The van der Waals surface area contributed by atoms with Crippen LogP contribution in [0.3, 0.4) is 0 Å². The maximum absolute atomic E-state index is 12.9. The minimum absolute atomic E-state index is 0.273. The molecule has 1 amide bonds. The van der Waals surface area contributed by atoms with E-state index in [0.717, 1.165) is 10.6 Å². The Balaban J connectivity index is 1.76. The second-order valence-electron chi connectivity index (χ2n) is 5.90. The summed E-state index contributed by atoms with van der Waals surface area (Å²) in [4.78, 5) is 17.0. The Morgan fingerprint density at radius 3 is 2.77 bits per heavy atom. The van der Waals surface area contributed by atoms with E-state index >= 15 is 0 Å². The first kappa shape index (κ1) is 18.7. The van der Waals surface area contributed by atoms with Gasteiger partial charge in [0.15, 0.2) is 0 Å². The highest BCUT2D eigenvalue weighted by Gasteiger charge is 2.25. The molecule has 0 radical (unpaired) electrons. The van der Waals surface area contributed by atoms with Crippen molar-refractivity contribution in [3.8, 4) is 0 Å². The highest BCUT2D eigenvalue weighted by molar-refractivity contribution is 7.09. The summed E-state index contributed by atoms with van der Waals surface area (Å²) in [6.07, 6.45) is -0.342. The van der Waals surface area contributed by atoms with Crippen molar-refractivity contribution in [1.29, 1.82) is 0 Å². The van der Waals surface area contributed by atoms with E-state index in [-0.39, 0.29) is 17.6 Å². The molecule has 0 aliphatic heterocycles. The molecule has 2 atom stereocenters. The predicted octanol–water partition coefficient (Wildman–Crippen LogP) is 4.31. The van der Waals surface area contributed by atoms with Crippen molar-refractivity contribution in [3.05, 3.63) is 56.4 Å². The van der Waals surface area contributed by atoms with Gasteiger partial charge in [0.1, 0.15) is 16.7 Å². The number of halogens is 2. The number of thiophene rings is 1. The zero-order valence-electron chi connectivity index (χ0n) is 14.2. The van der Waals surface area contributed by atoms with Gasteiger partial charge in [-0.25, -0.2) is 13.8 Å². The van der Waals surface area contributed by atoms with Gasteiger partial charge < -0.3 is 5.32 Å². The zero-order valence-corrected chi connectivity index (χ0v) is 15.9. The van der Waals surface area contributed by atoms with Crippen LogP contribution in [0.25, 0.3) is 0 Å². The van der Waals surface area contributed by atoms with Crippen LogP contribution in [-0.2, 0) is 11.2 Å². The van der Waals surface area contributed by atoms with E-state index < -0.39 is 12.5 Å². The predicted molar refractivity (Wildman–Crippen MR) is 97.7 cm³/mol. The van der Waals surface area contributed by atoms with Crippen molar-refractivity contribution in [2.75, 3.05) is 0 Å². The Morgan fingerprint density at radius 1 is 1.38 bits per heavy atom. The third kappa shape index (κ3) is 4.16. The number of nitrogens with zero attached hydrogens (tertiary/aromatic N) is 3. The second-order valence-corrected chi connectivity index (χ2v) is 7.61. The molecule has 26 heavy (non-hydrogen) atoms. The van der Waals surface area contributed by atoms with Gasteiger partial charge in [0.05, 0.1) is 6.04 Å². The molecular weight excluding hydrogens is 378 g/mol. The summed E-state index contributed by atoms with van der Waals surface area (Å²) in [5.74, 6) is -0.285. The van der Waals surface area contributed by atoms with Gasteiger partial charge in [-0.15, -0.1) is 11.3 Å². The van der Waals surface area contributed by atoms with E-state index in [1.807, 2.05) is 22.2 Å². The van der Waals surface area contributed by atoms with Crippen LogP contribution in [0, 0.1) is 6.92 Å². The Hall–Kier alpha value is -2.13. The van der Waals surface area contributed by atoms with Gasteiger partial charge in [-0.1, -0.05) is 0 Å². The number of aromatic nitrogens is 3. The summed E-state index contributed by atoms with van der Waals surface area (Å²) in [5, 5.41) is 13.5. The van der Waals surface area contributed by atoms with Crippen LogP contribution in [0.5, 0.6) is 0 Å². The molecule has 5 nitrogen and oxygen atoms in total. The fourth-order valence-corrected chi connectivity index (χ4v) is 4.04. The number of amides is 1. The van der Waals surface area contributed by atoms with Crippen LogP contribution in [-0.4, -0.2) is 20.7 Å². The molecule has 0 spiro atoms. The molecule has 1 N–H and O–H groups in total. The molecule has 0 aromatic carbocycles. The highest BCUT2D eigenvalue weighted by atomic mass is 32.1. The molecule has 0 saturated carbocycles. The monoisotopic (exact) mass is 396 g/mol. The maximum Gasteiger partial charge on any atom is 0.282 e. The summed E-state index contributed by atoms with van der Waals surface area (Å²) < 4.78 is 27.0. The Labute approximate surface area is 157 Å². The minimum Gasteiger partial charge on any atom is -0.345 e. The fraction of sp³-hybridized carbons (Fsp3) is 0.353. The van der Waals surface area contributed by atoms with Crippen LogP contribution in [0.2, 0.25) is 0 Å². The third-order valence-corrected chi connectivity index (χ3v) is 5.62. The summed E-state index contributed by atoms with van der Waals surface area (Å²) in [5.41, 5.74) is 1.31. The quantitative estimate of drug-likeness (QED) is 0.647. The molecule has 3 heterocycles. The number of alkyl halides is 2. The number of carbonyl (C=O) groups is 1. The lowest BCUT2D eigenvalue weighted by Crippen LogP contribution is -2.35. The fourth-order valence-electron chi connectivity index (χ4n) is 2.67. The standard InChI is InChI=1S/C17H18F2N4OS2/c1-10-7-13(15(18)19)22-23(10)11(2)16(24)21-14(17-20-4-6-26-17)8-12-3-5-25-9-12/h3-7,9,11,14-15H,8H2,1-2H3,(H,21,24)/t11-,14-/m1/s1. The first-order chi connectivity index (χ1) is 12.5. The van der Waals surface area contributed by atoms with Crippen LogP contribution >= 0.6 is 22.7 Å². The molecule has 0 aliphatic rings. The summed E-state index contributed by atoms with van der Waals surface area (Å²) in [7, 11) is 0. The van der Waals surface area contributed by atoms with E-state index in [2.05, 4.69) is 15.4 Å². The van der Waals surface area contributed by atoms with Gasteiger partial charge in [-0.3, -0.25) is 9.48 Å². The molecule has 0 bridgehead atoms. The molecule has 3 rings (SSSR count). The average molecular weight is 396 g/mol. The lowest BCUT2D eigenvalue weighted by atomic mass is 10.1. The Morgan fingerprint density at radius 2 is 2.19 bits per heavy atom. The molecule has 0 saturated heterocycles. The van der Waals surface area contributed by atoms with Gasteiger partial charge in [0.2, 0.25) is 5.91 Å². The van der Waals surface area contributed by atoms with Crippen LogP contribution in [0.15, 0.2) is 34.5 Å².